The third kappa shape index (κ3) is 1.90. The highest BCUT2D eigenvalue weighted by atomic mass is 16.7. The van der Waals surface area contributed by atoms with E-state index in [1.165, 1.54) is 12.0 Å². The second-order valence-corrected chi connectivity index (χ2v) is 6.25. The Labute approximate surface area is 119 Å². The van der Waals surface area contributed by atoms with Crippen molar-refractivity contribution in [3.8, 4) is 11.5 Å². The fourth-order valence-electron chi connectivity index (χ4n) is 4.08. The molecule has 4 nitrogen and oxygen atoms in total. The van der Waals surface area contributed by atoms with Gasteiger partial charge in [-0.1, -0.05) is 18.9 Å². The normalized spacial score (nSPS) is 35.6. The minimum Gasteiger partial charge on any atom is -0.454 e. The molecular formula is C16H21NO3. The van der Waals surface area contributed by atoms with E-state index in [4.69, 9.17) is 9.47 Å². The van der Waals surface area contributed by atoms with Crippen LogP contribution < -0.4 is 14.8 Å². The molecule has 1 aromatic carbocycles. The lowest BCUT2D eigenvalue weighted by atomic mass is 9.67. The Bertz CT molecular complexity index is 514. The molecule has 1 aliphatic carbocycles. The number of benzene rings is 1. The lowest BCUT2D eigenvalue weighted by molar-refractivity contribution is -0.0861. The van der Waals surface area contributed by atoms with Gasteiger partial charge in [-0.25, -0.2) is 0 Å². The van der Waals surface area contributed by atoms with Crippen molar-refractivity contribution in [2.45, 2.75) is 43.7 Å². The molecule has 4 rings (SSSR count). The SMILES string of the molecule is O[C@@]12CCCC[C@@H]1[C@H](c1ccc3c(c1)OCO3)NCC2. The summed E-state index contributed by atoms with van der Waals surface area (Å²) >= 11 is 0. The highest BCUT2D eigenvalue weighted by molar-refractivity contribution is 5.45. The number of fused-ring (bicyclic) bond motifs is 2. The van der Waals surface area contributed by atoms with Crippen LogP contribution in [0.3, 0.4) is 0 Å². The van der Waals surface area contributed by atoms with Crippen molar-refractivity contribution in [2.75, 3.05) is 13.3 Å². The standard InChI is InChI=1S/C16H21NO3/c18-16-6-2-1-3-12(16)15(17-8-7-16)11-4-5-13-14(9-11)20-10-19-13/h4-5,9,12,15,17-18H,1-3,6-8,10H2/t12-,15+,16-/m1/s1. The Kier molecular flexibility index (Phi) is 2.89. The van der Waals surface area contributed by atoms with Gasteiger partial charge < -0.3 is 19.9 Å². The summed E-state index contributed by atoms with van der Waals surface area (Å²) in [6, 6.07) is 6.38. The predicted molar refractivity (Wildman–Crippen MR) is 74.8 cm³/mol. The fourth-order valence-corrected chi connectivity index (χ4v) is 4.08. The zero-order valence-corrected chi connectivity index (χ0v) is 11.6. The van der Waals surface area contributed by atoms with Gasteiger partial charge in [0.25, 0.3) is 0 Å². The van der Waals surface area contributed by atoms with Crippen LogP contribution in [0.15, 0.2) is 18.2 Å². The zero-order chi connectivity index (χ0) is 13.6. The van der Waals surface area contributed by atoms with Crippen LogP contribution in [0.4, 0.5) is 0 Å². The van der Waals surface area contributed by atoms with Gasteiger partial charge >= 0.3 is 0 Å². The van der Waals surface area contributed by atoms with Crippen LogP contribution in [-0.4, -0.2) is 24.0 Å². The van der Waals surface area contributed by atoms with Crippen molar-refractivity contribution in [2.24, 2.45) is 5.92 Å². The van der Waals surface area contributed by atoms with Crippen molar-refractivity contribution in [1.82, 2.24) is 5.32 Å². The first-order chi connectivity index (χ1) is 9.76. The van der Waals surface area contributed by atoms with E-state index in [9.17, 15) is 5.11 Å². The molecule has 0 aromatic heterocycles. The minimum atomic E-state index is -0.482. The van der Waals surface area contributed by atoms with Gasteiger partial charge in [-0.3, -0.25) is 0 Å². The average Bonchev–Trinajstić information content (AvgIpc) is 2.93. The highest BCUT2D eigenvalue weighted by Gasteiger charge is 2.46. The fraction of sp³-hybridized carbons (Fsp3) is 0.625. The van der Waals surface area contributed by atoms with Crippen LogP contribution in [0.2, 0.25) is 0 Å². The van der Waals surface area contributed by atoms with Crippen molar-refractivity contribution < 1.29 is 14.6 Å². The summed E-state index contributed by atoms with van der Waals surface area (Å²) in [5, 5.41) is 14.5. The quantitative estimate of drug-likeness (QED) is 0.826. The molecule has 2 aliphatic heterocycles. The number of aliphatic hydroxyl groups is 1. The van der Waals surface area contributed by atoms with E-state index < -0.39 is 5.60 Å². The molecule has 3 aliphatic rings. The van der Waals surface area contributed by atoms with Crippen molar-refractivity contribution in [3.05, 3.63) is 23.8 Å². The summed E-state index contributed by atoms with van der Waals surface area (Å²) in [5.41, 5.74) is 0.726. The van der Waals surface area contributed by atoms with Crippen LogP contribution in [0.1, 0.15) is 43.7 Å². The second-order valence-electron chi connectivity index (χ2n) is 6.25. The molecule has 0 radical (unpaired) electrons. The molecule has 3 atom stereocenters. The number of hydrogen-bond acceptors (Lipinski definition) is 4. The lowest BCUT2D eigenvalue weighted by Gasteiger charge is -2.48. The minimum absolute atomic E-state index is 0.226. The van der Waals surface area contributed by atoms with Gasteiger partial charge in [0.15, 0.2) is 11.5 Å². The van der Waals surface area contributed by atoms with Gasteiger partial charge in [0.05, 0.1) is 5.60 Å². The van der Waals surface area contributed by atoms with Crippen LogP contribution in [0.5, 0.6) is 11.5 Å². The molecular weight excluding hydrogens is 254 g/mol. The summed E-state index contributed by atoms with van der Waals surface area (Å²) in [4.78, 5) is 0. The third-order valence-electron chi connectivity index (χ3n) is 5.15. The smallest absolute Gasteiger partial charge is 0.231 e. The van der Waals surface area contributed by atoms with Crippen LogP contribution >= 0.6 is 0 Å². The molecule has 0 amide bonds. The molecule has 108 valence electrons. The molecule has 2 fully saturated rings. The Balaban J connectivity index is 1.66. The van der Waals surface area contributed by atoms with E-state index in [2.05, 4.69) is 17.4 Å². The van der Waals surface area contributed by atoms with Crippen molar-refractivity contribution in [3.63, 3.8) is 0 Å². The van der Waals surface area contributed by atoms with Gasteiger partial charge in [-0.05, 0) is 43.5 Å². The van der Waals surface area contributed by atoms with Crippen LogP contribution in [0.25, 0.3) is 0 Å². The first-order valence-corrected chi connectivity index (χ1v) is 7.62. The van der Waals surface area contributed by atoms with E-state index in [1.807, 2.05) is 6.07 Å². The average molecular weight is 275 g/mol. The molecule has 20 heavy (non-hydrogen) atoms. The largest absolute Gasteiger partial charge is 0.454 e. The molecule has 0 bridgehead atoms. The molecule has 2 heterocycles. The maximum Gasteiger partial charge on any atom is 0.231 e. The molecule has 0 spiro atoms. The molecule has 1 saturated heterocycles. The second kappa shape index (κ2) is 4.64. The summed E-state index contributed by atoms with van der Waals surface area (Å²) < 4.78 is 10.9. The molecule has 1 saturated carbocycles. The first kappa shape index (κ1) is 12.5. The van der Waals surface area contributed by atoms with Gasteiger partial charge in [0.2, 0.25) is 6.79 Å². The summed E-state index contributed by atoms with van der Waals surface area (Å²) in [5.74, 6) is 1.96. The molecule has 2 N–H and O–H groups in total. The van der Waals surface area contributed by atoms with E-state index in [0.717, 1.165) is 43.7 Å². The zero-order valence-electron chi connectivity index (χ0n) is 11.6. The Morgan fingerprint density at radius 2 is 2.05 bits per heavy atom. The van der Waals surface area contributed by atoms with E-state index >= 15 is 0 Å². The van der Waals surface area contributed by atoms with Gasteiger partial charge in [0, 0.05) is 12.0 Å². The Hall–Kier alpha value is -1.26. The van der Waals surface area contributed by atoms with Crippen molar-refractivity contribution >= 4 is 0 Å². The number of ether oxygens (including phenoxy) is 2. The highest BCUT2D eigenvalue weighted by Crippen LogP contribution is 2.46. The lowest BCUT2D eigenvalue weighted by Crippen LogP contribution is -2.53. The van der Waals surface area contributed by atoms with E-state index in [-0.39, 0.29) is 6.04 Å². The number of piperidine rings is 1. The van der Waals surface area contributed by atoms with Gasteiger partial charge in [-0.2, -0.15) is 0 Å². The first-order valence-electron chi connectivity index (χ1n) is 7.62. The molecule has 1 aromatic rings. The Morgan fingerprint density at radius 3 is 3.00 bits per heavy atom. The summed E-state index contributed by atoms with van der Waals surface area (Å²) in [7, 11) is 0. The van der Waals surface area contributed by atoms with E-state index in [0.29, 0.717) is 12.7 Å². The summed E-state index contributed by atoms with van der Waals surface area (Å²) in [6.07, 6.45) is 5.29. The van der Waals surface area contributed by atoms with Crippen LogP contribution in [0, 0.1) is 5.92 Å². The number of nitrogens with one attached hydrogen (secondary N) is 1. The Morgan fingerprint density at radius 1 is 1.15 bits per heavy atom. The van der Waals surface area contributed by atoms with Gasteiger partial charge in [0.1, 0.15) is 0 Å². The third-order valence-corrected chi connectivity index (χ3v) is 5.15. The predicted octanol–water partition coefficient (Wildman–Crippen LogP) is 2.37. The monoisotopic (exact) mass is 275 g/mol. The van der Waals surface area contributed by atoms with Gasteiger partial charge in [-0.15, -0.1) is 0 Å². The number of hydrogen-bond donors (Lipinski definition) is 2. The van der Waals surface area contributed by atoms with Crippen molar-refractivity contribution in [1.29, 1.82) is 0 Å². The van der Waals surface area contributed by atoms with Crippen LogP contribution in [-0.2, 0) is 0 Å². The molecule has 0 unspecified atom stereocenters. The summed E-state index contributed by atoms with van der Waals surface area (Å²) in [6.45, 7) is 1.19. The maximum atomic E-state index is 10.9. The van der Waals surface area contributed by atoms with E-state index in [1.54, 1.807) is 0 Å². The molecule has 4 heteroatoms. The topological polar surface area (TPSA) is 50.7 Å². The maximum absolute atomic E-state index is 10.9. The number of rotatable bonds is 1.